The van der Waals surface area contributed by atoms with Gasteiger partial charge in [-0.2, -0.15) is 31.8 Å². The first-order valence-electron chi connectivity index (χ1n) is 20.0. The molecule has 16 heteroatoms. The molecule has 0 radical (unpaired) electrons. The summed E-state index contributed by atoms with van der Waals surface area (Å²) in [6, 6.07) is 53.7. The van der Waals surface area contributed by atoms with Crippen LogP contribution < -0.4 is 26.6 Å². The molecule has 0 saturated carbocycles. The van der Waals surface area contributed by atoms with Crippen LogP contribution in [0.2, 0.25) is 0 Å². The standard InChI is InChI=1S/C48H42N8O6S2/c57-63(58,59)44-25-21-39(22-26-44)50-43-31-36(30-42(32-43)49-37-7-3-1-4-8-37)29-35-15-13-33(14-16-35)11-12-34-17-19-40(20-18-34)52-47-54-46(51-38-9-5-2-6-10-38)55-48(56-47)53-41-23-27-45(28-24-41)64(60,61)62/h1-10,13-28,30-32,49-50H,11-12,29H2,(H,57,58,59)(H,60,61,62)(H3,51,52,53,54,55,56). The molecule has 0 aliphatic rings. The number of anilines is 10. The fourth-order valence-corrected chi connectivity index (χ4v) is 7.73. The number of hydrogen-bond acceptors (Lipinski definition) is 12. The lowest BCUT2D eigenvalue weighted by Crippen LogP contribution is -2.07. The van der Waals surface area contributed by atoms with Crippen molar-refractivity contribution in [3.63, 3.8) is 0 Å². The first-order chi connectivity index (χ1) is 30.9. The van der Waals surface area contributed by atoms with Crippen LogP contribution in [-0.4, -0.2) is 40.9 Å². The summed E-state index contributed by atoms with van der Waals surface area (Å²) in [6.07, 6.45) is 2.35. The first-order valence-corrected chi connectivity index (χ1v) is 22.9. The van der Waals surface area contributed by atoms with Crippen molar-refractivity contribution in [2.75, 3.05) is 26.6 Å². The lowest BCUT2D eigenvalue weighted by atomic mass is 9.99. The zero-order valence-electron chi connectivity index (χ0n) is 34.1. The normalized spacial score (nSPS) is 11.4. The minimum Gasteiger partial charge on any atom is -0.355 e. The Labute approximate surface area is 371 Å². The van der Waals surface area contributed by atoms with E-state index in [1.807, 2.05) is 78.9 Å². The fraction of sp³-hybridized carbons (Fsp3) is 0.0625. The molecule has 7 aromatic carbocycles. The van der Waals surface area contributed by atoms with E-state index in [9.17, 15) is 25.9 Å². The third-order valence-electron chi connectivity index (χ3n) is 9.91. The number of rotatable bonds is 17. The highest BCUT2D eigenvalue weighted by atomic mass is 32.2. The second-order valence-corrected chi connectivity index (χ2v) is 17.6. The maximum atomic E-state index is 11.5. The van der Waals surface area contributed by atoms with Crippen LogP contribution in [0.25, 0.3) is 0 Å². The van der Waals surface area contributed by atoms with E-state index in [4.69, 9.17) is 0 Å². The number of nitrogens with zero attached hydrogens (tertiary/aromatic N) is 3. The van der Waals surface area contributed by atoms with Crippen LogP contribution in [-0.2, 0) is 39.5 Å². The molecular weight excluding hydrogens is 849 g/mol. The van der Waals surface area contributed by atoms with Gasteiger partial charge in [0, 0.05) is 39.8 Å². The van der Waals surface area contributed by atoms with Crippen molar-refractivity contribution in [2.24, 2.45) is 0 Å². The Hall–Kier alpha value is -7.63. The molecule has 8 rings (SSSR count). The Kier molecular flexibility index (Phi) is 12.9. The van der Waals surface area contributed by atoms with E-state index < -0.39 is 20.2 Å². The van der Waals surface area contributed by atoms with Gasteiger partial charge in [-0.15, -0.1) is 0 Å². The predicted molar refractivity (Wildman–Crippen MR) is 251 cm³/mol. The van der Waals surface area contributed by atoms with Crippen LogP contribution in [0.4, 0.5) is 57.7 Å². The van der Waals surface area contributed by atoms with E-state index in [0.29, 0.717) is 17.8 Å². The molecule has 7 N–H and O–H groups in total. The summed E-state index contributed by atoms with van der Waals surface area (Å²) in [5.41, 5.74) is 9.96. The molecule has 0 aliphatic heterocycles. The highest BCUT2D eigenvalue weighted by Crippen LogP contribution is 2.28. The Balaban J connectivity index is 0.911. The van der Waals surface area contributed by atoms with Gasteiger partial charge in [0.15, 0.2) is 0 Å². The molecule has 0 fully saturated rings. The number of para-hydroxylation sites is 2. The van der Waals surface area contributed by atoms with Crippen molar-refractivity contribution in [3.8, 4) is 0 Å². The molecule has 0 bridgehead atoms. The summed E-state index contributed by atoms with van der Waals surface area (Å²) >= 11 is 0. The average molecular weight is 891 g/mol. The Morgan fingerprint density at radius 1 is 0.344 bits per heavy atom. The van der Waals surface area contributed by atoms with Crippen LogP contribution in [0, 0.1) is 0 Å². The molecular formula is C48H42N8O6S2. The van der Waals surface area contributed by atoms with E-state index >= 15 is 0 Å². The molecule has 0 spiro atoms. The lowest BCUT2D eigenvalue weighted by molar-refractivity contribution is 0.481. The smallest absolute Gasteiger partial charge is 0.294 e. The van der Waals surface area contributed by atoms with E-state index in [1.165, 1.54) is 42.0 Å². The summed E-state index contributed by atoms with van der Waals surface area (Å²) in [5.74, 6) is 0.763. The van der Waals surface area contributed by atoms with Crippen LogP contribution in [0.5, 0.6) is 0 Å². The topological polar surface area (TPSA) is 208 Å². The summed E-state index contributed by atoms with van der Waals surface area (Å²) in [5, 5.41) is 16.4. The molecule has 0 unspecified atom stereocenters. The van der Waals surface area contributed by atoms with Gasteiger partial charge in [0.1, 0.15) is 0 Å². The number of hydrogen-bond donors (Lipinski definition) is 7. The van der Waals surface area contributed by atoms with Crippen LogP contribution in [0.15, 0.2) is 186 Å². The number of nitrogens with one attached hydrogen (secondary N) is 5. The van der Waals surface area contributed by atoms with Crippen molar-refractivity contribution in [3.05, 3.63) is 198 Å². The number of aromatic nitrogens is 3. The summed E-state index contributed by atoms with van der Waals surface area (Å²) in [7, 11) is -8.63. The zero-order valence-corrected chi connectivity index (χ0v) is 35.7. The number of aryl methyl sites for hydroxylation is 2. The first kappa shape index (κ1) is 43.0. The number of benzene rings is 7. The fourth-order valence-electron chi connectivity index (χ4n) is 6.77. The maximum Gasteiger partial charge on any atom is 0.294 e. The van der Waals surface area contributed by atoms with Crippen molar-refractivity contribution < 1.29 is 25.9 Å². The Bertz CT molecular complexity index is 2860. The summed E-state index contributed by atoms with van der Waals surface area (Å²) in [4.78, 5) is 13.2. The second kappa shape index (κ2) is 19.2. The van der Waals surface area contributed by atoms with Crippen molar-refractivity contribution >= 4 is 77.9 Å². The van der Waals surface area contributed by atoms with Gasteiger partial charge in [0.25, 0.3) is 20.2 Å². The third kappa shape index (κ3) is 12.0. The molecule has 0 atom stereocenters. The van der Waals surface area contributed by atoms with Gasteiger partial charge in [-0.05, 0) is 145 Å². The highest BCUT2D eigenvalue weighted by Gasteiger charge is 2.13. The molecule has 322 valence electrons. The Morgan fingerprint density at radius 2 is 0.672 bits per heavy atom. The molecule has 14 nitrogen and oxygen atoms in total. The monoisotopic (exact) mass is 890 g/mol. The molecule has 1 heterocycles. The maximum absolute atomic E-state index is 11.5. The highest BCUT2D eigenvalue weighted by molar-refractivity contribution is 7.86. The van der Waals surface area contributed by atoms with Gasteiger partial charge >= 0.3 is 0 Å². The Morgan fingerprint density at radius 3 is 1.08 bits per heavy atom. The molecule has 64 heavy (non-hydrogen) atoms. The lowest BCUT2D eigenvalue weighted by Gasteiger charge is -2.14. The minimum absolute atomic E-state index is 0.170. The van der Waals surface area contributed by atoms with E-state index in [2.05, 4.69) is 90.1 Å². The van der Waals surface area contributed by atoms with Crippen molar-refractivity contribution in [1.29, 1.82) is 0 Å². The van der Waals surface area contributed by atoms with E-state index in [0.717, 1.165) is 58.0 Å². The zero-order chi connectivity index (χ0) is 44.5. The van der Waals surface area contributed by atoms with Crippen molar-refractivity contribution in [2.45, 2.75) is 29.1 Å². The SMILES string of the molecule is O=S(=O)(O)c1ccc(Nc2cc(Cc3ccc(CCc4ccc(Nc5nc(Nc6ccccc6)nc(Nc6ccc(S(=O)(=O)O)cc6)n5)cc4)cc3)cc(Nc3ccccc3)c2)cc1. The van der Waals surface area contributed by atoms with Gasteiger partial charge < -0.3 is 26.6 Å². The summed E-state index contributed by atoms with van der Waals surface area (Å²) in [6.45, 7) is 0. The van der Waals surface area contributed by atoms with Crippen LogP contribution >= 0.6 is 0 Å². The molecule has 1 aromatic heterocycles. The van der Waals surface area contributed by atoms with Gasteiger partial charge in [-0.25, -0.2) is 0 Å². The third-order valence-corrected chi connectivity index (χ3v) is 11.6. The average Bonchev–Trinajstić information content (AvgIpc) is 3.27. The van der Waals surface area contributed by atoms with Gasteiger partial charge in [-0.1, -0.05) is 72.8 Å². The molecule has 8 aromatic rings. The van der Waals surface area contributed by atoms with Gasteiger partial charge in [-0.3, -0.25) is 9.11 Å². The van der Waals surface area contributed by atoms with Crippen LogP contribution in [0.3, 0.4) is 0 Å². The quantitative estimate of drug-likeness (QED) is 0.0425. The molecule has 0 saturated heterocycles. The molecule has 0 aliphatic carbocycles. The summed E-state index contributed by atoms with van der Waals surface area (Å²) < 4.78 is 64.8. The van der Waals surface area contributed by atoms with E-state index in [1.54, 1.807) is 12.1 Å². The van der Waals surface area contributed by atoms with Gasteiger partial charge in [0.2, 0.25) is 17.8 Å². The van der Waals surface area contributed by atoms with E-state index in [-0.39, 0.29) is 27.6 Å². The molecule has 0 amide bonds. The predicted octanol–water partition coefficient (Wildman–Crippen LogP) is 10.5. The van der Waals surface area contributed by atoms with Crippen molar-refractivity contribution in [1.82, 2.24) is 15.0 Å². The van der Waals surface area contributed by atoms with Gasteiger partial charge in [0.05, 0.1) is 9.79 Å². The van der Waals surface area contributed by atoms with Crippen LogP contribution in [0.1, 0.15) is 22.3 Å². The largest absolute Gasteiger partial charge is 0.355 e. The second-order valence-electron chi connectivity index (χ2n) is 14.8. The minimum atomic E-state index is -4.33.